The largest absolute Gasteiger partial charge is 0.375 e. The Hall–Kier alpha value is -0.260. The van der Waals surface area contributed by atoms with Gasteiger partial charge in [0.15, 0.2) is 5.13 Å². The Morgan fingerprint density at radius 1 is 1.67 bits per heavy atom. The first-order valence-electron chi connectivity index (χ1n) is 3.86. The van der Waals surface area contributed by atoms with Crippen molar-refractivity contribution in [1.82, 2.24) is 10.3 Å². The molecule has 1 fully saturated rings. The molecule has 1 aliphatic heterocycles. The van der Waals surface area contributed by atoms with Crippen molar-refractivity contribution in [3.63, 3.8) is 0 Å². The highest BCUT2D eigenvalue weighted by Gasteiger charge is 2.20. The van der Waals surface area contributed by atoms with E-state index in [1.54, 1.807) is 11.3 Å². The van der Waals surface area contributed by atoms with Crippen LogP contribution in [0.2, 0.25) is 0 Å². The zero-order valence-corrected chi connectivity index (χ0v) is 8.47. The van der Waals surface area contributed by atoms with Crippen molar-refractivity contribution in [2.24, 2.45) is 0 Å². The lowest BCUT2D eigenvalue weighted by Gasteiger charge is -2.25. The van der Waals surface area contributed by atoms with Crippen LogP contribution in [0.25, 0.3) is 0 Å². The summed E-state index contributed by atoms with van der Waals surface area (Å²) in [7, 11) is 0. The van der Waals surface area contributed by atoms with Crippen LogP contribution in [0.3, 0.4) is 0 Å². The van der Waals surface area contributed by atoms with Crippen molar-refractivity contribution in [2.75, 3.05) is 18.8 Å². The fraction of sp³-hybridized carbons (Fsp3) is 0.571. The van der Waals surface area contributed by atoms with E-state index in [2.05, 4.69) is 10.3 Å². The van der Waals surface area contributed by atoms with Crippen molar-refractivity contribution in [3.8, 4) is 0 Å². The molecule has 0 radical (unpaired) electrons. The minimum absolute atomic E-state index is 0.683. The second kappa shape index (κ2) is 3.24. The van der Waals surface area contributed by atoms with Crippen LogP contribution in [0.4, 0.5) is 5.13 Å². The van der Waals surface area contributed by atoms with E-state index in [0.29, 0.717) is 5.13 Å². The number of rotatable bonds is 2. The predicted octanol–water partition coefficient (Wildman–Crippen LogP) is 1.10. The number of anilines is 1. The SMILES string of the molecule is Cc1nc(N)sc1SC1CNC1. The van der Waals surface area contributed by atoms with Crippen molar-refractivity contribution in [2.45, 2.75) is 16.4 Å². The second-order valence-corrected chi connectivity index (χ2v) is 5.42. The van der Waals surface area contributed by atoms with Gasteiger partial charge in [-0.25, -0.2) is 4.98 Å². The monoisotopic (exact) mass is 201 g/mol. The molecule has 0 saturated carbocycles. The number of hydrogen-bond donors (Lipinski definition) is 2. The number of thioether (sulfide) groups is 1. The number of aryl methyl sites for hydroxylation is 1. The minimum Gasteiger partial charge on any atom is -0.375 e. The Morgan fingerprint density at radius 3 is 2.83 bits per heavy atom. The fourth-order valence-corrected chi connectivity index (χ4v) is 3.35. The number of nitrogens with one attached hydrogen (secondary N) is 1. The van der Waals surface area contributed by atoms with Gasteiger partial charge in [-0.3, -0.25) is 0 Å². The Bertz CT molecular complexity index is 280. The Balaban J connectivity index is 2.05. The third-order valence-corrected chi connectivity index (χ3v) is 4.28. The molecule has 1 saturated heterocycles. The summed E-state index contributed by atoms with van der Waals surface area (Å²) in [5.74, 6) is 0. The quantitative estimate of drug-likeness (QED) is 0.752. The molecular formula is C7H11N3S2. The Morgan fingerprint density at radius 2 is 2.42 bits per heavy atom. The topological polar surface area (TPSA) is 50.9 Å². The molecule has 2 rings (SSSR count). The average Bonchev–Trinajstić information content (AvgIpc) is 2.21. The second-order valence-electron chi connectivity index (χ2n) is 2.82. The van der Waals surface area contributed by atoms with Crippen LogP contribution in [-0.2, 0) is 0 Å². The molecule has 1 aromatic rings. The van der Waals surface area contributed by atoms with E-state index >= 15 is 0 Å². The zero-order valence-electron chi connectivity index (χ0n) is 6.83. The summed E-state index contributed by atoms with van der Waals surface area (Å²) in [4.78, 5) is 4.18. The highest BCUT2D eigenvalue weighted by atomic mass is 32.2. The molecule has 0 bridgehead atoms. The summed E-state index contributed by atoms with van der Waals surface area (Å²) < 4.78 is 1.28. The van der Waals surface area contributed by atoms with Crippen LogP contribution in [0.15, 0.2) is 4.21 Å². The van der Waals surface area contributed by atoms with E-state index in [0.717, 1.165) is 24.0 Å². The highest BCUT2D eigenvalue weighted by Crippen LogP contribution is 2.34. The van der Waals surface area contributed by atoms with Crippen molar-refractivity contribution in [1.29, 1.82) is 0 Å². The number of nitrogen functional groups attached to an aromatic ring is 1. The van der Waals surface area contributed by atoms with Crippen LogP contribution in [-0.4, -0.2) is 23.3 Å². The number of aromatic nitrogens is 1. The average molecular weight is 201 g/mol. The predicted molar refractivity (Wildman–Crippen MR) is 53.8 cm³/mol. The van der Waals surface area contributed by atoms with E-state index in [9.17, 15) is 0 Å². The van der Waals surface area contributed by atoms with Crippen LogP contribution in [0.1, 0.15) is 5.69 Å². The summed E-state index contributed by atoms with van der Waals surface area (Å²) >= 11 is 3.49. The zero-order chi connectivity index (χ0) is 8.55. The Labute approximate surface area is 79.8 Å². The van der Waals surface area contributed by atoms with E-state index < -0.39 is 0 Å². The summed E-state index contributed by atoms with van der Waals surface area (Å²) in [6, 6.07) is 0. The lowest BCUT2D eigenvalue weighted by molar-refractivity contribution is 0.544. The van der Waals surface area contributed by atoms with Gasteiger partial charge in [0.25, 0.3) is 0 Å². The highest BCUT2D eigenvalue weighted by molar-refractivity contribution is 8.01. The molecule has 0 unspecified atom stereocenters. The lowest BCUT2D eigenvalue weighted by atomic mass is 10.3. The van der Waals surface area contributed by atoms with Crippen molar-refractivity contribution in [3.05, 3.63) is 5.69 Å². The molecule has 0 atom stereocenters. The molecule has 3 N–H and O–H groups in total. The molecule has 0 aliphatic carbocycles. The molecular weight excluding hydrogens is 190 g/mol. The first-order chi connectivity index (χ1) is 5.75. The molecule has 0 spiro atoms. The van der Waals surface area contributed by atoms with Crippen molar-refractivity contribution < 1.29 is 0 Å². The molecule has 12 heavy (non-hydrogen) atoms. The minimum atomic E-state index is 0.683. The smallest absolute Gasteiger partial charge is 0.181 e. The van der Waals surface area contributed by atoms with Crippen molar-refractivity contribution >= 4 is 28.2 Å². The van der Waals surface area contributed by atoms with Gasteiger partial charge < -0.3 is 11.1 Å². The third-order valence-electron chi connectivity index (χ3n) is 1.79. The van der Waals surface area contributed by atoms with Gasteiger partial charge in [-0.2, -0.15) is 0 Å². The molecule has 5 heteroatoms. The van der Waals surface area contributed by atoms with Crippen LogP contribution in [0.5, 0.6) is 0 Å². The third kappa shape index (κ3) is 1.57. The first-order valence-corrected chi connectivity index (χ1v) is 5.55. The molecule has 3 nitrogen and oxygen atoms in total. The molecule has 66 valence electrons. The van der Waals surface area contributed by atoms with Gasteiger partial charge in [0.1, 0.15) is 0 Å². The number of nitrogens with zero attached hydrogens (tertiary/aromatic N) is 1. The molecule has 0 aromatic carbocycles. The lowest BCUT2D eigenvalue weighted by Crippen LogP contribution is -2.44. The number of hydrogen-bond acceptors (Lipinski definition) is 5. The maximum Gasteiger partial charge on any atom is 0.181 e. The van der Waals surface area contributed by atoms with E-state index in [1.165, 1.54) is 4.21 Å². The Kier molecular flexibility index (Phi) is 2.25. The molecule has 1 aliphatic rings. The normalized spacial score (nSPS) is 17.8. The van der Waals surface area contributed by atoms with Gasteiger partial charge in [0.2, 0.25) is 0 Å². The van der Waals surface area contributed by atoms with Gasteiger partial charge in [-0.1, -0.05) is 11.3 Å². The van der Waals surface area contributed by atoms with E-state index in [-0.39, 0.29) is 0 Å². The van der Waals surface area contributed by atoms with Gasteiger partial charge in [0.05, 0.1) is 9.90 Å². The van der Waals surface area contributed by atoms with Crippen LogP contribution < -0.4 is 11.1 Å². The first kappa shape index (κ1) is 8.34. The summed E-state index contributed by atoms with van der Waals surface area (Å²) in [5.41, 5.74) is 6.67. The standard InChI is InChI=1S/C7H11N3S2/c1-4-6(12-7(8)10-4)11-5-2-9-3-5/h5,9H,2-3H2,1H3,(H2,8,10). The van der Waals surface area contributed by atoms with Crippen LogP contribution >= 0.6 is 23.1 Å². The van der Waals surface area contributed by atoms with Gasteiger partial charge in [0, 0.05) is 18.3 Å². The van der Waals surface area contributed by atoms with Gasteiger partial charge >= 0.3 is 0 Å². The van der Waals surface area contributed by atoms with E-state index in [1.807, 2.05) is 18.7 Å². The number of nitrogens with two attached hydrogens (primary N) is 1. The molecule has 0 amide bonds. The maximum atomic E-state index is 5.59. The maximum absolute atomic E-state index is 5.59. The van der Waals surface area contributed by atoms with Gasteiger partial charge in [-0.15, -0.1) is 11.8 Å². The van der Waals surface area contributed by atoms with Crippen LogP contribution in [0, 0.1) is 6.92 Å². The summed E-state index contributed by atoms with van der Waals surface area (Å²) in [6.45, 7) is 4.24. The number of thiazole rings is 1. The molecule has 2 heterocycles. The summed E-state index contributed by atoms with van der Waals surface area (Å²) in [6.07, 6.45) is 0. The van der Waals surface area contributed by atoms with E-state index in [4.69, 9.17) is 5.73 Å². The fourth-order valence-electron chi connectivity index (χ4n) is 1.01. The van der Waals surface area contributed by atoms with Gasteiger partial charge in [-0.05, 0) is 6.92 Å². The summed E-state index contributed by atoms with van der Waals surface area (Å²) in [5, 5.41) is 4.65. The molecule has 1 aromatic heterocycles.